The molecule has 0 aliphatic heterocycles. The minimum absolute atomic E-state index is 0.167. The molecule has 0 radical (unpaired) electrons. The van der Waals surface area contributed by atoms with Crippen molar-refractivity contribution in [2.75, 3.05) is 5.32 Å². The number of carbonyl (C=O) groups excluding carboxylic acids is 1. The Kier molecular flexibility index (Phi) is 6.47. The maximum Gasteiger partial charge on any atom is 0.237 e. The van der Waals surface area contributed by atoms with Gasteiger partial charge in [-0.2, -0.15) is 0 Å². The van der Waals surface area contributed by atoms with Gasteiger partial charge in [-0.15, -0.1) is 11.8 Å². The first-order valence-electron chi connectivity index (χ1n) is 8.34. The van der Waals surface area contributed by atoms with Crippen molar-refractivity contribution in [3.63, 3.8) is 0 Å². The van der Waals surface area contributed by atoms with Crippen molar-refractivity contribution in [1.29, 1.82) is 0 Å². The molecule has 2 aromatic carbocycles. The van der Waals surface area contributed by atoms with E-state index in [1.54, 1.807) is 18.2 Å². The highest BCUT2D eigenvalue weighted by Crippen LogP contribution is 2.31. The van der Waals surface area contributed by atoms with Crippen molar-refractivity contribution in [3.8, 4) is 11.5 Å². The monoisotopic (exact) mass is 420 g/mol. The summed E-state index contributed by atoms with van der Waals surface area (Å²) in [6.45, 7) is 3.71. The second kappa shape index (κ2) is 8.83. The molecule has 0 bridgehead atoms. The molecule has 0 unspecified atom stereocenters. The number of benzene rings is 2. The normalized spacial score (nSPS) is 12.0. The lowest BCUT2D eigenvalue weighted by Gasteiger charge is -2.13. The standard InChI is InChI=1S/C20H18Cl2N2O2S/c1-12-17(23-20(26-12)14-7-4-3-5-8-14)11-27-13(2)19(25)24-18-15(21)9-6-10-16(18)22/h3-10,13H,11H2,1-2H3,(H,24,25)/t13-/m1/s1. The second-order valence-electron chi connectivity index (χ2n) is 5.93. The molecule has 1 aromatic heterocycles. The number of para-hydroxylation sites is 1. The van der Waals surface area contributed by atoms with Crippen LogP contribution < -0.4 is 5.32 Å². The van der Waals surface area contributed by atoms with E-state index in [2.05, 4.69) is 10.3 Å². The van der Waals surface area contributed by atoms with Crippen molar-refractivity contribution < 1.29 is 9.21 Å². The van der Waals surface area contributed by atoms with Gasteiger partial charge >= 0.3 is 0 Å². The van der Waals surface area contributed by atoms with Crippen LogP contribution in [0.1, 0.15) is 18.4 Å². The van der Waals surface area contributed by atoms with Crippen LogP contribution in [0.2, 0.25) is 10.0 Å². The number of hydrogen-bond acceptors (Lipinski definition) is 4. The highest BCUT2D eigenvalue weighted by Gasteiger charge is 2.19. The molecule has 0 fully saturated rings. The number of aromatic nitrogens is 1. The molecule has 0 aliphatic carbocycles. The minimum Gasteiger partial charge on any atom is -0.441 e. The highest BCUT2D eigenvalue weighted by molar-refractivity contribution is 7.99. The number of nitrogens with zero attached hydrogens (tertiary/aromatic N) is 1. The molecule has 0 saturated carbocycles. The molecule has 0 aliphatic rings. The van der Waals surface area contributed by atoms with E-state index >= 15 is 0 Å². The van der Waals surface area contributed by atoms with Crippen molar-refractivity contribution in [2.24, 2.45) is 0 Å². The molecule has 1 heterocycles. The Bertz CT molecular complexity index is 924. The molecule has 27 heavy (non-hydrogen) atoms. The van der Waals surface area contributed by atoms with Crippen molar-refractivity contribution in [1.82, 2.24) is 4.98 Å². The van der Waals surface area contributed by atoms with Gasteiger partial charge in [0.1, 0.15) is 5.76 Å². The molecule has 140 valence electrons. The molecule has 0 spiro atoms. The highest BCUT2D eigenvalue weighted by atomic mass is 35.5. The first-order valence-corrected chi connectivity index (χ1v) is 10.1. The summed E-state index contributed by atoms with van der Waals surface area (Å²) in [5, 5.41) is 3.30. The molecular weight excluding hydrogens is 403 g/mol. The molecule has 1 atom stereocenters. The summed E-state index contributed by atoms with van der Waals surface area (Å²) in [7, 11) is 0. The Morgan fingerprint density at radius 1 is 1.15 bits per heavy atom. The largest absolute Gasteiger partial charge is 0.441 e. The fourth-order valence-corrected chi connectivity index (χ4v) is 3.77. The van der Waals surface area contributed by atoms with E-state index in [9.17, 15) is 4.79 Å². The average Bonchev–Trinajstić information content (AvgIpc) is 3.04. The fourth-order valence-electron chi connectivity index (χ4n) is 2.39. The third kappa shape index (κ3) is 4.86. The van der Waals surface area contributed by atoms with E-state index in [0.717, 1.165) is 17.0 Å². The summed E-state index contributed by atoms with van der Waals surface area (Å²) in [6, 6.07) is 14.8. The number of amides is 1. The van der Waals surface area contributed by atoms with Crippen LogP contribution in [0.25, 0.3) is 11.5 Å². The molecule has 3 aromatic rings. The number of hydrogen-bond donors (Lipinski definition) is 1. The summed E-state index contributed by atoms with van der Waals surface area (Å²) >= 11 is 13.7. The Morgan fingerprint density at radius 3 is 2.48 bits per heavy atom. The van der Waals surface area contributed by atoms with Gasteiger partial charge in [-0.1, -0.05) is 47.5 Å². The summed E-state index contributed by atoms with van der Waals surface area (Å²) < 4.78 is 5.76. The Morgan fingerprint density at radius 2 is 1.81 bits per heavy atom. The van der Waals surface area contributed by atoms with Crippen LogP contribution in [-0.4, -0.2) is 16.1 Å². The topological polar surface area (TPSA) is 55.1 Å². The number of aryl methyl sites for hydroxylation is 1. The van der Waals surface area contributed by atoms with Gasteiger partial charge in [0.15, 0.2) is 0 Å². The quantitative estimate of drug-likeness (QED) is 0.514. The van der Waals surface area contributed by atoms with Gasteiger partial charge in [0.25, 0.3) is 0 Å². The van der Waals surface area contributed by atoms with Crippen molar-refractivity contribution in [3.05, 3.63) is 70.0 Å². The van der Waals surface area contributed by atoms with E-state index in [1.165, 1.54) is 11.8 Å². The maximum atomic E-state index is 12.5. The van der Waals surface area contributed by atoms with Crippen LogP contribution in [-0.2, 0) is 10.5 Å². The van der Waals surface area contributed by atoms with Crippen LogP contribution in [0.3, 0.4) is 0 Å². The van der Waals surface area contributed by atoms with Gasteiger partial charge in [-0.3, -0.25) is 4.79 Å². The molecule has 4 nitrogen and oxygen atoms in total. The first kappa shape index (κ1) is 19.8. The van der Waals surface area contributed by atoms with E-state index in [1.807, 2.05) is 44.2 Å². The zero-order chi connectivity index (χ0) is 19.4. The third-order valence-corrected chi connectivity index (χ3v) is 5.75. The lowest BCUT2D eigenvalue weighted by molar-refractivity contribution is -0.115. The number of nitrogens with one attached hydrogen (secondary N) is 1. The predicted octanol–water partition coefficient (Wildman–Crippen LogP) is 6.22. The van der Waals surface area contributed by atoms with E-state index < -0.39 is 0 Å². The van der Waals surface area contributed by atoms with E-state index in [-0.39, 0.29) is 11.2 Å². The van der Waals surface area contributed by atoms with Crippen LogP contribution in [0.4, 0.5) is 5.69 Å². The number of carbonyl (C=O) groups is 1. The number of thioether (sulfide) groups is 1. The van der Waals surface area contributed by atoms with E-state index in [4.69, 9.17) is 27.6 Å². The first-order chi connectivity index (χ1) is 13.0. The maximum absolute atomic E-state index is 12.5. The van der Waals surface area contributed by atoms with Gasteiger partial charge in [-0.05, 0) is 38.1 Å². The van der Waals surface area contributed by atoms with Crippen LogP contribution in [0.5, 0.6) is 0 Å². The summed E-state index contributed by atoms with van der Waals surface area (Å²) in [6.07, 6.45) is 0. The van der Waals surface area contributed by atoms with Gasteiger partial charge in [-0.25, -0.2) is 4.98 Å². The number of rotatable bonds is 6. The molecule has 7 heteroatoms. The Balaban J connectivity index is 1.63. The zero-order valence-corrected chi connectivity index (χ0v) is 17.2. The average molecular weight is 421 g/mol. The molecule has 0 saturated heterocycles. The number of halogens is 2. The Labute approximate surface area is 172 Å². The zero-order valence-electron chi connectivity index (χ0n) is 14.8. The predicted molar refractivity (Wildman–Crippen MR) is 113 cm³/mol. The van der Waals surface area contributed by atoms with Crippen molar-refractivity contribution in [2.45, 2.75) is 24.9 Å². The second-order valence-corrected chi connectivity index (χ2v) is 8.07. The van der Waals surface area contributed by atoms with Gasteiger partial charge in [0, 0.05) is 11.3 Å². The molecule has 3 rings (SSSR count). The van der Waals surface area contributed by atoms with Crippen LogP contribution in [0.15, 0.2) is 52.9 Å². The SMILES string of the molecule is Cc1oc(-c2ccccc2)nc1CS[C@H](C)C(=O)Nc1c(Cl)cccc1Cl. The van der Waals surface area contributed by atoms with Crippen LogP contribution >= 0.6 is 35.0 Å². The fraction of sp³-hybridized carbons (Fsp3) is 0.200. The lowest BCUT2D eigenvalue weighted by Crippen LogP contribution is -2.23. The summed E-state index contributed by atoms with van der Waals surface area (Å²) in [4.78, 5) is 17.0. The molecule has 1 amide bonds. The van der Waals surface area contributed by atoms with Gasteiger partial charge in [0.05, 0.1) is 26.7 Å². The van der Waals surface area contributed by atoms with E-state index in [0.29, 0.717) is 27.4 Å². The smallest absolute Gasteiger partial charge is 0.237 e. The van der Waals surface area contributed by atoms with Gasteiger partial charge in [0.2, 0.25) is 11.8 Å². The minimum atomic E-state index is -0.311. The molecule has 1 N–H and O–H groups in total. The Hall–Kier alpha value is -1.95. The third-order valence-electron chi connectivity index (χ3n) is 3.96. The van der Waals surface area contributed by atoms with Crippen LogP contribution in [0, 0.1) is 6.92 Å². The van der Waals surface area contributed by atoms with Gasteiger partial charge < -0.3 is 9.73 Å². The lowest BCUT2D eigenvalue weighted by atomic mass is 10.2. The van der Waals surface area contributed by atoms with Crippen molar-refractivity contribution >= 4 is 46.6 Å². The number of anilines is 1. The summed E-state index contributed by atoms with van der Waals surface area (Å²) in [5.41, 5.74) is 2.19. The number of oxazole rings is 1. The molecular formula is C20H18Cl2N2O2S. The summed E-state index contributed by atoms with van der Waals surface area (Å²) in [5.74, 6) is 1.73.